The SMILES string of the molecule is CC(Oc1cccc(Br)c1)C(=O)NNC(=O)/C=C/c1cccs1. The van der Waals surface area contributed by atoms with Crippen molar-refractivity contribution in [1.82, 2.24) is 10.9 Å². The molecular formula is C16H15BrN2O3S. The largest absolute Gasteiger partial charge is 0.481 e. The number of hydrogen-bond acceptors (Lipinski definition) is 4. The highest BCUT2D eigenvalue weighted by molar-refractivity contribution is 9.10. The third kappa shape index (κ3) is 5.88. The highest BCUT2D eigenvalue weighted by atomic mass is 79.9. The van der Waals surface area contributed by atoms with E-state index in [0.717, 1.165) is 9.35 Å². The van der Waals surface area contributed by atoms with Gasteiger partial charge in [-0.25, -0.2) is 0 Å². The van der Waals surface area contributed by atoms with Crippen LogP contribution in [0.2, 0.25) is 0 Å². The van der Waals surface area contributed by atoms with Crippen molar-refractivity contribution in [2.24, 2.45) is 0 Å². The molecule has 0 spiro atoms. The van der Waals surface area contributed by atoms with E-state index in [4.69, 9.17) is 4.74 Å². The summed E-state index contributed by atoms with van der Waals surface area (Å²) in [6, 6.07) is 11.0. The molecule has 23 heavy (non-hydrogen) atoms. The third-order valence-corrected chi connectivity index (χ3v) is 4.06. The van der Waals surface area contributed by atoms with Crippen LogP contribution in [0.1, 0.15) is 11.8 Å². The molecule has 0 aliphatic heterocycles. The number of nitrogens with one attached hydrogen (secondary N) is 2. The summed E-state index contributed by atoms with van der Waals surface area (Å²) in [6.45, 7) is 1.60. The minimum Gasteiger partial charge on any atom is -0.481 e. The number of hydrogen-bond donors (Lipinski definition) is 2. The van der Waals surface area contributed by atoms with Crippen LogP contribution < -0.4 is 15.6 Å². The standard InChI is InChI=1S/C16H15BrN2O3S/c1-11(22-13-5-2-4-12(17)10-13)16(21)19-18-15(20)8-7-14-6-3-9-23-14/h2-11H,1H3,(H,18,20)(H,19,21)/b8-7+. The van der Waals surface area contributed by atoms with E-state index in [9.17, 15) is 9.59 Å². The molecule has 1 aromatic heterocycles. The highest BCUT2D eigenvalue weighted by Crippen LogP contribution is 2.18. The Hall–Kier alpha value is -2.12. The van der Waals surface area contributed by atoms with Gasteiger partial charge >= 0.3 is 0 Å². The Kier molecular flexibility index (Phi) is 6.37. The van der Waals surface area contributed by atoms with Crippen molar-refractivity contribution >= 4 is 45.2 Å². The van der Waals surface area contributed by atoms with E-state index in [1.807, 2.05) is 23.6 Å². The molecule has 7 heteroatoms. The Labute approximate surface area is 146 Å². The fraction of sp³-hybridized carbons (Fsp3) is 0.125. The first-order valence-corrected chi connectivity index (χ1v) is 8.45. The van der Waals surface area contributed by atoms with Crippen molar-refractivity contribution in [3.63, 3.8) is 0 Å². The summed E-state index contributed by atoms with van der Waals surface area (Å²) in [4.78, 5) is 24.5. The second-order valence-electron chi connectivity index (χ2n) is 4.54. The fourth-order valence-corrected chi connectivity index (χ4v) is 2.60. The van der Waals surface area contributed by atoms with Crippen LogP contribution in [0.5, 0.6) is 5.75 Å². The van der Waals surface area contributed by atoms with Gasteiger partial charge in [-0.2, -0.15) is 0 Å². The number of rotatable bonds is 5. The Morgan fingerprint density at radius 2 is 2.09 bits per heavy atom. The number of benzene rings is 1. The molecule has 1 aromatic carbocycles. The van der Waals surface area contributed by atoms with Gasteiger partial charge in [0.25, 0.3) is 11.8 Å². The molecule has 0 saturated carbocycles. The number of hydrazine groups is 1. The lowest BCUT2D eigenvalue weighted by Gasteiger charge is -2.14. The van der Waals surface area contributed by atoms with Crippen LogP contribution in [0.25, 0.3) is 6.08 Å². The van der Waals surface area contributed by atoms with Gasteiger partial charge in [0, 0.05) is 15.4 Å². The van der Waals surface area contributed by atoms with Crippen molar-refractivity contribution in [2.45, 2.75) is 13.0 Å². The van der Waals surface area contributed by atoms with Crippen molar-refractivity contribution in [2.75, 3.05) is 0 Å². The lowest BCUT2D eigenvalue weighted by atomic mass is 10.3. The third-order valence-electron chi connectivity index (χ3n) is 2.73. The molecule has 2 rings (SSSR count). The van der Waals surface area contributed by atoms with Gasteiger partial charge in [0.05, 0.1) is 0 Å². The van der Waals surface area contributed by atoms with Gasteiger partial charge < -0.3 is 4.74 Å². The molecule has 2 N–H and O–H groups in total. The summed E-state index contributed by atoms with van der Waals surface area (Å²) in [5.74, 6) is -0.296. The van der Waals surface area contributed by atoms with Crippen LogP contribution >= 0.6 is 27.3 Å². The molecule has 0 fully saturated rings. The molecule has 0 radical (unpaired) electrons. The molecular weight excluding hydrogens is 380 g/mol. The number of carbonyl (C=O) groups is 2. The van der Waals surface area contributed by atoms with E-state index in [1.54, 1.807) is 31.2 Å². The maximum atomic E-state index is 11.9. The maximum Gasteiger partial charge on any atom is 0.279 e. The normalized spacial score (nSPS) is 11.9. The maximum absolute atomic E-state index is 11.9. The Bertz CT molecular complexity index is 701. The fourth-order valence-electron chi connectivity index (χ4n) is 1.61. The first kappa shape index (κ1) is 17.2. The number of halogens is 1. The van der Waals surface area contributed by atoms with E-state index in [-0.39, 0.29) is 0 Å². The van der Waals surface area contributed by atoms with Crippen LogP contribution in [-0.4, -0.2) is 17.9 Å². The van der Waals surface area contributed by atoms with Crippen molar-refractivity contribution in [1.29, 1.82) is 0 Å². The van der Waals surface area contributed by atoms with Gasteiger partial charge in [0.15, 0.2) is 6.10 Å². The Morgan fingerprint density at radius 1 is 1.26 bits per heavy atom. The summed E-state index contributed by atoms with van der Waals surface area (Å²) < 4.78 is 6.35. The topological polar surface area (TPSA) is 67.4 Å². The molecule has 1 heterocycles. The van der Waals surface area contributed by atoms with Crippen molar-refractivity contribution in [3.05, 3.63) is 57.2 Å². The smallest absolute Gasteiger partial charge is 0.279 e. The predicted molar refractivity (Wildman–Crippen MR) is 93.9 cm³/mol. The minimum absolute atomic E-state index is 0.415. The van der Waals surface area contributed by atoms with Gasteiger partial charge in [-0.15, -0.1) is 11.3 Å². The molecule has 120 valence electrons. The summed E-state index contributed by atoms with van der Waals surface area (Å²) in [5.41, 5.74) is 4.64. The van der Waals surface area contributed by atoms with E-state index < -0.39 is 17.9 Å². The number of amides is 2. The van der Waals surface area contributed by atoms with Gasteiger partial charge in [0.2, 0.25) is 0 Å². The molecule has 0 aliphatic rings. The highest BCUT2D eigenvalue weighted by Gasteiger charge is 2.14. The number of carbonyl (C=O) groups excluding carboxylic acids is 2. The molecule has 0 aliphatic carbocycles. The van der Waals surface area contributed by atoms with Crippen LogP contribution in [0.15, 0.2) is 52.3 Å². The second-order valence-corrected chi connectivity index (χ2v) is 6.44. The summed E-state index contributed by atoms with van der Waals surface area (Å²) in [5, 5.41) is 1.92. The van der Waals surface area contributed by atoms with E-state index in [2.05, 4.69) is 26.8 Å². The summed E-state index contributed by atoms with van der Waals surface area (Å²) >= 11 is 4.85. The van der Waals surface area contributed by atoms with E-state index in [1.165, 1.54) is 17.4 Å². The lowest BCUT2D eigenvalue weighted by molar-refractivity contribution is -0.131. The molecule has 1 atom stereocenters. The summed E-state index contributed by atoms with van der Waals surface area (Å²) in [6.07, 6.45) is 2.28. The van der Waals surface area contributed by atoms with Crippen LogP contribution in [0.3, 0.4) is 0 Å². The second kappa shape index (κ2) is 8.50. The minimum atomic E-state index is -0.745. The average molecular weight is 395 g/mol. The van der Waals surface area contributed by atoms with Gasteiger partial charge in [-0.05, 0) is 42.6 Å². The van der Waals surface area contributed by atoms with Gasteiger partial charge in [0.1, 0.15) is 5.75 Å². The number of ether oxygens (including phenoxy) is 1. The zero-order valence-electron chi connectivity index (χ0n) is 12.3. The zero-order valence-corrected chi connectivity index (χ0v) is 14.7. The molecule has 0 saturated heterocycles. The molecule has 5 nitrogen and oxygen atoms in total. The summed E-state index contributed by atoms with van der Waals surface area (Å²) in [7, 11) is 0. The van der Waals surface area contributed by atoms with Crippen LogP contribution in [0.4, 0.5) is 0 Å². The van der Waals surface area contributed by atoms with Crippen molar-refractivity contribution in [3.8, 4) is 5.75 Å². The van der Waals surface area contributed by atoms with E-state index in [0.29, 0.717) is 5.75 Å². The Morgan fingerprint density at radius 3 is 2.78 bits per heavy atom. The van der Waals surface area contributed by atoms with Crippen LogP contribution in [-0.2, 0) is 9.59 Å². The predicted octanol–water partition coefficient (Wildman–Crippen LogP) is 3.14. The van der Waals surface area contributed by atoms with Crippen LogP contribution in [0, 0.1) is 0 Å². The number of thiophene rings is 1. The Balaban J connectivity index is 1.78. The van der Waals surface area contributed by atoms with Gasteiger partial charge in [-0.3, -0.25) is 20.4 Å². The molecule has 2 amide bonds. The van der Waals surface area contributed by atoms with Crippen molar-refractivity contribution < 1.29 is 14.3 Å². The molecule has 2 aromatic rings. The average Bonchev–Trinajstić information content (AvgIpc) is 3.04. The van der Waals surface area contributed by atoms with Gasteiger partial charge in [-0.1, -0.05) is 28.1 Å². The first-order chi connectivity index (χ1) is 11.0. The quantitative estimate of drug-likeness (QED) is 0.604. The molecule has 1 unspecified atom stereocenters. The molecule has 0 bridgehead atoms. The monoisotopic (exact) mass is 394 g/mol. The van der Waals surface area contributed by atoms with E-state index >= 15 is 0 Å². The first-order valence-electron chi connectivity index (χ1n) is 6.78. The lowest BCUT2D eigenvalue weighted by Crippen LogP contribution is -2.46. The zero-order chi connectivity index (χ0) is 16.7.